The van der Waals surface area contributed by atoms with Gasteiger partial charge in [0.2, 0.25) is 0 Å². The minimum Gasteiger partial charge on any atom is -0.350 e. The van der Waals surface area contributed by atoms with Gasteiger partial charge in [0.05, 0.1) is 0 Å². The molecule has 340 valence electrons. The van der Waals surface area contributed by atoms with Gasteiger partial charge in [-0.1, -0.05) is 100 Å². The van der Waals surface area contributed by atoms with Gasteiger partial charge in [-0.25, -0.2) is 0 Å². The summed E-state index contributed by atoms with van der Waals surface area (Å²) in [4.78, 5) is 2.44. The molecule has 7 aromatic carbocycles. The minimum atomic E-state index is -1.31. The maximum Gasteiger partial charge on any atom is 0.0496 e. The first kappa shape index (κ1) is 52.8. The van der Waals surface area contributed by atoms with Gasteiger partial charge in [-0.05, 0) is 152 Å². The summed E-state index contributed by atoms with van der Waals surface area (Å²) in [5.74, 6) is 0. The predicted molar refractivity (Wildman–Crippen MR) is 323 cm³/mol. The summed E-state index contributed by atoms with van der Waals surface area (Å²) in [7, 11) is -0.194. The number of benzene rings is 7. The molecule has 0 saturated carbocycles. The lowest BCUT2D eigenvalue weighted by Gasteiger charge is -2.26. The van der Waals surface area contributed by atoms with Crippen molar-refractivity contribution in [3.8, 4) is 11.1 Å². The third-order valence-corrected chi connectivity index (χ3v) is 12.3. The van der Waals surface area contributed by atoms with Crippen molar-refractivity contribution in [2.45, 2.75) is 54.0 Å². The molecule has 3 heterocycles. The average Bonchev–Trinajstić information content (AvgIpc) is 3.97. The van der Waals surface area contributed by atoms with E-state index in [9.17, 15) is 0 Å². The molecule has 10 aromatic rings. The zero-order valence-electron chi connectivity index (χ0n) is 38.5. The molecule has 2 nitrogen and oxygen atoms in total. The lowest BCUT2D eigenvalue weighted by Crippen LogP contribution is -2.21. The van der Waals surface area contributed by atoms with E-state index in [4.69, 9.17) is 0 Å². The Bertz CT molecular complexity index is 3250. The maximum atomic E-state index is 4.59. The normalized spacial score (nSPS) is 11.2. The van der Waals surface area contributed by atoms with E-state index in [0.29, 0.717) is 0 Å². The Balaban J connectivity index is 0.000000471. The molecule has 0 spiro atoms. The highest BCUT2D eigenvalue weighted by Gasteiger charge is 2.21. The number of para-hydroxylation sites is 1. The highest BCUT2D eigenvalue weighted by molar-refractivity contribution is 8.92. The van der Waals surface area contributed by atoms with Crippen LogP contribution >= 0.6 is 47.0 Å². The Hall–Kier alpha value is -3.14. The van der Waals surface area contributed by atoms with Crippen molar-refractivity contribution in [1.29, 1.82) is 0 Å². The van der Waals surface area contributed by atoms with Crippen molar-refractivity contribution in [3.63, 3.8) is 0 Å². The van der Waals surface area contributed by atoms with Gasteiger partial charge in [0, 0.05) is 84.8 Å². The minimum absolute atomic E-state index is 0.0347. The van der Waals surface area contributed by atoms with Crippen LogP contribution in [-0.4, -0.2) is 23.3 Å². The highest BCUT2D eigenvalue weighted by atomic mass is 33.5. The molecule has 0 aliphatic rings. The molecule has 12 heteroatoms. The predicted octanol–water partition coefficient (Wildman–Crippen LogP) is 17.7. The summed E-state index contributed by atoms with van der Waals surface area (Å²) in [5.41, 5.74) is 8.37. The molecular formula is C53H57N2S10-. The monoisotopic (exact) mass is 1040 g/mol. The van der Waals surface area contributed by atoms with Gasteiger partial charge < -0.3 is 17.5 Å². The summed E-state index contributed by atoms with van der Waals surface area (Å²) in [6, 6.07) is 56.3. The van der Waals surface area contributed by atoms with Crippen LogP contribution < -0.4 is 4.90 Å². The molecule has 3 aromatic heterocycles. The second-order valence-electron chi connectivity index (χ2n) is 15.3. The standard InChI is InChI=1S/C46H34N2S2.2C2H6.CH4S4.CH3S3.CH4S/c1-46(2,3)48-40-16-7-4-13-34(40)37-26-30(19-22-41(37)48)29-11-10-12-31(25-29)47(32-20-23-44-38(27-32)35-14-5-8-17-42(35)49-44)33-21-24-45-39(28-33)36-15-6-9-18-43(36)50-45;2*1-2;1-5(2,3)4;1-4(2)3;1-2/h4-28H,1-3H3;2*1-2H3;1H3,(H,2,3,4);1H3;2H,1H3/q;;;;-1;. The van der Waals surface area contributed by atoms with Crippen molar-refractivity contribution in [1.82, 2.24) is 4.57 Å². The third kappa shape index (κ3) is 12.7. The van der Waals surface area contributed by atoms with Crippen LogP contribution in [0.4, 0.5) is 17.1 Å². The van der Waals surface area contributed by atoms with Gasteiger partial charge in [-0.3, -0.25) is 22.4 Å². The zero-order valence-corrected chi connectivity index (χ0v) is 46.8. The first-order valence-corrected chi connectivity index (χ1v) is 32.2. The molecular weight excluding hydrogens is 985 g/mol. The topological polar surface area (TPSA) is 8.17 Å². The molecule has 10 rings (SSSR count). The molecule has 0 unspecified atom stereocenters. The maximum absolute atomic E-state index is 4.59. The fraction of sp³-hybridized carbons (Fsp3) is 0.208. The van der Waals surface area contributed by atoms with Crippen LogP contribution in [0.25, 0.3) is 73.3 Å². The molecule has 0 aliphatic carbocycles. The molecule has 0 bridgehead atoms. The Morgan fingerprint density at radius 3 is 1.40 bits per heavy atom. The van der Waals surface area contributed by atoms with Gasteiger partial charge >= 0.3 is 0 Å². The second kappa shape index (κ2) is 23.7. The van der Waals surface area contributed by atoms with E-state index in [0.717, 1.165) is 17.1 Å². The van der Waals surface area contributed by atoms with Crippen LogP contribution in [-0.2, 0) is 64.5 Å². The molecule has 0 N–H and O–H groups in total. The van der Waals surface area contributed by atoms with Crippen LogP contribution in [0.1, 0.15) is 48.5 Å². The number of thiophene rings is 2. The van der Waals surface area contributed by atoms with E-state index in [1.54, 1.807) is 12.5 Å². The van der Waals surface area contributed by atoms with Gasteiger partial charge in [-0.15, -0.1) is 40.6 Å². The van der Waals surface area contributed by atoms with Crippen LogP contribution in [0, 0.1) is 0 Å². The van der Waals surface area contributed by atoms with Crippen molar-refractivity contribution >= 4 is 185 Å². The molecule has 0 aliphatic heterocycles. The van der Waals surface area contributed by atoms with Crippen LogP contribution in [0.15, 0.2) is 152 Å². The van der Waals surface area contributed by atoms with Crippen molar-refractivity contribution in [2.75, 3.05) is 23.7 Å². The fourth-order valence-corrected chi connectivity index (χ4v) is 10.0. The van der Waals surface area contributed by atoms with Gasteiger partial charge in [0.15, 0.2) is 0 Å². The number of hydrogen-bond donors (Lipinski definition) is 2. The molecule has 0 saturated heterocycles. The molecule has 0 fully saturated rings. The van der Waals surface area contributed by atoms with Crippen LogP contribution in [0.3, 0.4) is 0 Å². The van der Waals surface area contributed by atoms with Crippen molar-refractivity contribution < 1.29 is 0 Å². The van der Waals surface area contributed by atoms with Crippen molar-refractivity contribution in [3.05, 3.63) is 152 Å². The van der Waals surface area contributed by atoms with Crippen LogP contribution in [0.5, 0.6) is 0 Å². The van der Waals surface area contributed by atoms with Gasteiger partial charge in [-0.2, -0.15) is 12.6 Å². The highest BCUT2D eigenvalue weighted by Crippen LogP contribution is 2.44. The Morgan fingerprint density at radius 2 is 0.908 bits per heavy atom. The lowest BCUT2D eigenvalue weighted by atomic mass is 10.0. The molecule has 0 atom stereocenters. The van der Waals surface area contributed by atoms with E-state index >= 15 is 0 Å². The molecule has 65 heavy (non-hydrogen) atoms. The lowest BCUT2D eigenvalue weighted by molar-refractivity contribution is 0.423. The van der Waals surface area contributed by atoms with E-state index in [2.05, 4.69) is 251 Å². The first-order valence-electron chi connectivity index (χ1n) is 21.3. The average molecular weight is 1040 g/mol. The molecule has 0 radical (unpaired) electrons. The summed E-state index contributed by atoms with van der Waals surface area (Å²) in [6.45, 7) is 14.9. The number of rotatable bonds is 4. The first-order chi connectivity index (χ1) is 31.1. The number of nitrogens with zero attached hydrogens (tertiary/aromatic N) is 2. The third-order valence-electron chi connectivity index (χ3n) is 10.0. The van der Waals surface area contributed by atoms with E-state index in [1.807, 2.05) is 56.6 Å². The summed E-state index contributed by atoms with van der Waals surface area (Å²) >= 11 is 29.2. The number of aromatic nitrogens is 1. The smallest absolute Gasteiger partial charge is 0.0496 e. The zero-order chi connectivity index (χ0) is 47.6. The van der Waals surface area contributed by atoms with Gasteiger partial charge in [0.25, 0.3) is 0 Å². The Morgan fingerprint density at radius 1 is 0.508 bits per heavy atom. The largest absolute Gasteiger partial charge is 0.350 e. The number of fused-ring (bicyclic) bond motifs is 9. The Kier molecular flexibility index (Phi) is 19.3. The Labute approximate surface area is 425 Å². The van der Waals surface area contributed by atoms with E-state index in [1.165, 1.54) is 73.3 Å². The molecule has 0 amide bonds. The van der Waals surface area contributed by atoms with E-state index in [-0.39, 0.29) is 13.6 Å². The van der Waals surface area contributed by atoms with Crippen LogP contribution in [0.2, 0.25) is 0 Å². The quantitative estimate of drug-likeness (QED) is 0.103. The SMILES string of the molecule is CC.CC.CC(C)(C)n1c2ccccc2c2cc(-c3cccc(N(c4ccc5sc6ccccc6c5c4)c4ccc5sc6ccccc6c5c4)c3)ccc21.CS.CS(=S)(=S)S.C[S-](=S)=S. The number of thiol groups is 2. The van der Waals surface area contributed by atoms with Gasteiger partial charge in [0.1, 0.15) is 0 Å². The second-order valence-corrected chi connectivity index (χ2v) is 31.7. The fourth-order valence-electron chi connectivity index (χ4n) is 7.85. The summed E-state index contributed by atoms with van der Waals surface area (Å²) < 4.78 is 7.75. The van der Waals surface area contributed by atoms with E-state index < -0.39 is 6.18 Å². The summed E-state index contributed by atoms with van der Waals surface area (Å²) in [5, 5.41) is 7.80. The number of anilines is 3. The number of hydrogen-bond acceptors (Lipinski definition) is 9. The van der Waals surface area contributed by atoms with Crippen molar-refractivity contribution in [2.24, 2.45) is 0 Å². The summed E-state index contributed by atoms with van der Waals surface area (Å²) in [6.07, 6.45) is 3.98.